The van der Waals surface area contributed by atoms with E-state index in [4.69, 9.17) is 18.0 Å². The van der Waals surface area contributed by atoms with Gasteiger partial charge in [-0.25, -0.2) is 0 Å². The van der Waals surface area contributed by atoms with Crippen molar-refractivity contribution in [3.63, 3.8) is 0 Å². The standard InChI is InChI=1S/C12H30O4Si3/c1-8-14-19(18(5,6)7)15-10-9-13-11-12(16-19)17(2,3)4/h12H,8-11H2,1-7H3. The minimum atomic E-state index is -2.55. The van der Waals surface area contributed by atoms with Crippen molar-refractivity contribution in [3.8, 4) is 0 Å². The van der Waals surface area contributed by atoms with Gasteiger partial charge in [0.1, 0.15) is 7.59 Å². The lowest BCUT2D eigenvalue weighted by atomic mass is 10.7. The molecular formula is C12H30O4Si3. The van der Waals surface area contributed by atoms with Crippen LogP contribution in [0.4, 0.5) is 0 Å². The number of hydrogen-bond donors (Lipinski definition) is 0. The van der Waals surface area contributed by atoms with Gasteiger partial charge in [0.15, 0.2) is 0 Å². The molecule has 0 amide bonds. The maximum absolute atomic E-state index is 6.54. The molecule has 0 N–H and O–H groups in total. The van der Waals surface area contributed by atoms with Crippen molar-refractivity contribution >= 4 is 24.0 Å². The molecule has 1 aliphatic rings. The van der Waals surface area contributed by atoms with Crippen LogP contribution in [0.3, 0.4) is 0 Å². The fourth-order valence-corrected chi connectivity index (χ4v) is 12.3. The third-order valence-electron chi connectivity index (χ3n) is 3.31. The quantitative estimate of drug-likeness (QED) is 0.746. The number of ether oxygens (including phenoxy) is 1. The van der Waals surface area contributed by atoms with Gasteiger partial charge in [-0.2, -0.15) is 0 Å². The van der Waals surface area contributed by atoms with Crippen LogP contribution in [0.1, 0.15) is 6.92 Å². The van der Waals surface area contributed by atoms with Gasteiger partial charge in [-0.05, 0) is 6.92 Å². The SMILES string of the molecule is CCO[Si]1([Si](C)(C)C)OCCOCC([Si](C)(C)C)O1. The predicted octanol–water partition coefficient (Wildman–Crippen LogP) is 2.69. The summed E-state index contributed by atoms with van der Waals surface area (Å²) < 4.78 is 24.5. The third kappa shape index (κ3) is 4.48. The van der Waals surface area contributed by atoms with Crippen LogP contribution in [-0.4, -0.2) is 56.1 Å². The number of hydrogen-bond acceptors (Lipinski definition) is 4. The normalized spacial score (nSPS) is 30.8. The summed E-state index contributed by atoms with van der Waals surface area (Å²) >= 11 is 0. The highest BCUT2D eigenvalue weighted by molar-refractivity contribution is 7.33. The van der Waals surface area contributed by atoms with Crippen LogP contribution in [0, 0.1) is 0 Å². The van der Waals surface area contributed by atoms with Crippen molar-refractivity contribution in [1.82, 2.24) is 0 Å². The molecule has 4 nitrogen and oxygen atoms in total. The van der Waals surface area contributed by atoms with Gasteiger partial charge in [0.25, 0.3) is 0 Å². The Kier molecular flexibility index (Phi) is 6.01. The lowest BCUT2D eigenvalue weighted by Gasteiger charge is -2.44. The molecule has 0 radical (unpaired) electrons. The van der Waals surface area contributed by atoms with E-state index in [2.05, 4.69) is 39.3 Å². The van der Waals surface area contributed by atoms with Crippen LogP contribution in [-0.2, 0) is 18.0 Å². The Morgan fingerprint density at radius 3 is 2.21 bits per heavy atom. The van der Waals surface area contributed by atoms with E-state index < -0.39 is 24.0 Å². The van der Waals surface area contributed by atoms with Crippen LogP contribution in [0.5, 0.6) is 0 Å². The molecule has 0 bridgehead atoms. The van der Waals surface area contributed by atoms with Crippen LogP contribution in [0.2, 0.25) is 39.3 Å². The molecule has 1 saturated heterocycles. The first-order chi connectivity index (χ1) is 8.62. The molecule has 0 aromatic heterocycles. The molecule has 0 aromatic carbocycles. The van der Waals surface area contributed by atoms with Crippen molar-refractivity contribution < 1.29 is 18.0 Å². The Morgan fingerprint density at radius 2 is 1.74 bits per heavy atom. The summed E-state index contributed by atoms with van der Waals surface area (Å²) in [7, 11) is -5.67. The highest BCUT2D eigenvalue weighted by atomic mass is 29.3. The van der Waals surface area contributed by atoms with Crippen LogP contribution in [0.25, 0.3) is 0 Å². The van der Waals surface area contributed by atoms with E-state index in [9.17, 15) is 0 Å². The molecule has 2 atom stereocenters. The van der Waals surface area contributed by atoms with Gasteiger partial charge in [-0.15, -0.1) is 0 Å². The summed E-state index contributed by atoms with van der Waals surface area (Å²) in [5, 5.41) is 0. The fraction of sp³-hybridized carbons (Fsp3) is 1.00. The van der Waals surface area contributed by atoms with E-state index in [1.807, 2.05) is 6.92 Å². The van der Waals surface area contributed by atoms with Gasteiger partial charge < -0.3 is 18.0 Å². The minimum Gasteiger partial charge on any atom is -0.377 e. The minimum absolute atomic E-state index is 0.165. The zero-order valence-electron chi connectivity index (χ0n) is 13.5. The van der Waals surface area contributed by atoms with Crippen LogP contribution < -0.4 is 0 Å². The largest absolute Gasteiger partial charge is 0.469 e. The second kappa shape index (κ2) is 6.50. The van der Waals surface area contributed by atoms with Crippen molar-refractivity contribution in [2.45, 2.75) is 51.9 Å². The van der Waals surface area contributed by atoms with Gasteiger partial charge in [-0.3, -0.25) is 0 Å². The summed E-state index contributed by atoms with van der Waals surface area (Å²) in [4.78, 5) is 0. The van der Waals surface area contributed by atoms with Crippen molar-refractivity contribution in [2.75, 3.05) is 26.4 Å². The lowest BCUT2D eigenvalue weighted by molar-refractivity contribution is -0.0209. The van der Waals surface area contributed by atoms with Gasteiger partial charge >= 0.3 is 8.32 Å². The van der Waals surface area contributed by atoms with E-state index in [0.717, 1.165) is 0 Å². The molecule has 2 unspecified atom stereocenters. The zero-order valence-corrected chi connectivity index (χ0v) is 16.5. The van der Waals surface area contributed by atoms with E-state index in [0.29, 0.717) is 26.4 Å². The Balaban J connectivity index is 3.03. The average Bonchev–Trinajstić information content (AvgIpc) is 2.18. The summed E-state index contributed by atoms with van der Waals surface area (Å²) in [6.07, 6.45) is 0. The topological polar surface area (TPSA) is 36.9 Å². The van der Waals surface area contributed by atoms with E-state index in [1.54, 1.807) is 0 Å². The Morgan fingerprint density at radius 1 is 1.11 bits per heavy atom. The van der Waals surface area contributed by atoms with Crippen molar-refractivity contribution in [2.24, 2.45) is 0 Å². The molecule has 0 saturated carbocycles. The van der Waals surface area contributed by atoms with Crippen LogP contribution >= 0.6 is 0 Å². The first-order valence-electron chi connectivity index (χ1n) is 7.16. The van der Waals surface area contributed by atoms with Crippen LogP contribution in [0.15, 0.2) is 0 Å². The highest BCUT2D eigenvalue weighted by Crippen LogP contribution is 2.28. The first-order valence-corrected chi connectivity index (χ1v) is 17.0. The molecular weight excluding hydrogens is 292 g/mol. The molecule has 0 aromatic rings. The molecule has 7 heteroatoms. The summed E-state index contributed by atoms with van der Waals surface area (Å²) in [6, 6.07) is 0. The monoisotopic (exact) mass is 322 g/mol. The maximum Gasteiger partial charge on any atom is 0.469 e. The average molecular weight is 323 g/mol. The van der Waals surface area contributed by atoms with Gasteiger partial charge in [0.2, 0.25) is 0 Å². The molecule has 0 aliphatic carbocycles. The fourth-order valence-electron chi connectivity index (χ4n) is 1.98. The first kappa shape index (κ1) is 17.5. The van der Waals surface area contributed by atoms with Gasteiger partial charge in [0, 0.05) is 6.61 Å². The Hall–Kier alpha value is 0.491. The molecule has 114 valence electrons. The van der Waals surface area contributed by atoms with Crippen molar-refractivity contribution in [3.05, 3.63) is 0 Å². The Bertz CT molecular complexity index is 288. The lowest BCUT2D eigenvalue weighted by Crippen LogP contribution is -2.69. The maximum atomic E-state index is 6.54. The smallest absolute Gasteiger partial charge is 0.377 e. The molecule has 1 heterocycles. The van der Waals surface area contributed by atoms with E-state index in [1.165, 1.54) is 0 Å². The highest BCUT2D eigenvalue weighted by Gasteiger charge is 2.56. The van der Waals surface area contributed by atoms with E-state index in [-0.39, 0.29) is 5.73 Å². The summed E-state index contributed by atoms with van der Waals surface area (Å²) in [6.45, 7) is 18.4. The van der Waals surface area contributed by atoms with Gasteiger partial charge in [0.05, 0.1) is 33.6 Å². The molecule has 0 spiro atoms. The second-order valence-electron chi connectivity index (χ2n) is 7.14. The predicted molar refractivity (Wildman–Crippen MR) is 85.7 cm³/mol. The molecule has 1 aliphatic heterocycles. The van der Waals surface area contributed by atoms with Crippen molar-refractivity contribution in [1.29, 1.82) is 0 Å². The Labute approximate surface area is 121 Å². The van der Waals surface area contributed by atoms with Gasteiger partial charge in [-0.1, -0.05) is 39.3 Å². The third-order valence-corrected chi connectivity index (χ3v) is 16.2. The van der Waals surface area contributed by atoms with E-state index >= 15 is 0 Å². The number of rotatable bonds is 4. The summed E-state index contributed by atoms with van der Waals surface area (Å²) in [5.41, 5.74) is 0.165. The second-order valence-corrected chi connectivity index (χ2v) is 25.3. The summed E-state index contributed by atoms with van der Waals surface area (Å²) in [5.74, 6) is 0. The molecule has 1 rings (SSSR count). The zero-order chi connectivity index (χ0) is 14.7. The molecule has 19 heavy (non-hydrogen) atoms. The molecule has 1 fully saturated rings.